The summed E-state index contributed by atoms with van der Waals surface area (Å²) < 4.78 is 35.5. The first-order valence-corrected chi connectivity index (χ1v) is 2.48. The van der Waals surface area contributed by atoms with Crippen LogP contribution >= 0.6 is 11.6 Å². The smallest absolute Gasteiger partial charge is 0.221 e. The van der Waals surface area contributed by atoms with Gasteiger partial charge in [-0.25, -0.2) is 15.0 Å². The number of aryl methyl sites for hydroxylation is 1. The summed E-state index contributed by atoms with van der Waals surface area (Å²) in [5.41, 5.74) is 0. The van der Waals surface area contributed by atoms with Crippen LogP contribution in [0.15, 0.2) is 6.33 Å². The van der Waals surface area contributed by atoms with Gasteiger partial charge in [0, 0.05) is 13.2 Å². The van der Waals surface area contributed by atoms with Crippen LogP contribution in [0, 0.1) is 0 Å². The van der Waals surface area contributed by atoms with Gasteiger partial charge in [-0.2, -0.15) is 0 Å². The zero-order valence-corrected chi connectivity index (χ0v) is 5.05. The highest BCUT2D eigenvalue weighted by atomic mass is 35.5. The Balaban J connectivity index is 3.16. The number of halogens is 1. The topological polar surface area (TPSA) is 38.7 Å². The molecule has 0 fully saturated rings. The van der Waals surface area contributed by atoms with E-state index in [1.807, 2.05) is 0 Å². The monoisotopic (exact) mass is 148 g/mol. The molecule has 1 heterocycles. The molecule has 0 saturated carbocycles. The standard InChI is InChI=1S/C5H6ClN3/c1-2-4-7-3-8-5(6)9-4/h3H,2H2,1H3/i1D3,2D2. The van der Waals surface area contributed by atoms with Gasteiger partial charge in [0.05, 0.1) is 0 Å². The van der Waals surface area contributed by atoms with Crippen LogP contribution in [0.2, 0.25) is 5.28 Å². The Kier molecular flexibility index (Phi) is 0.759. The molecule has 0 aliphatic carbocycles. The maximum absolute atomic E-state index is 7.31. The van der Waals surface area contributed by atoms with Gasteiger partial charge < -0.3 is 0 Å². The Morgan fingerprint density at radius 1 is 1.89 bits per heavy atom. The number of hydrogen-bond donors (Lipinski definition) is 0. The molecule has 1 aromatic rings. The zero-order valence-electron chi connectivity index (χ0n) is 9.30. The summed E-state index contributed by atoms with van der Waals surface area (Å²) in [7, 11) is 0. The average molecular weight is 149 g/mol. The third-order valence-electron chi connectivity index (χ3n) is 0.654. The molecule has 1 aromatic heterocycles. The van der Waals surface area contributed by atoms with E-state index in [0.29, 0.717) is 0 Å². The van der Waals surface area contributed by atoms with Gasteiger partial charge in [-0.05, 0) is 11.6 Å². The number of aromatic nitrogens is 3. The number of rotatable bonds is 1. The minimum absolute atomic E-state index is 0.233. The van der Waals surface area contributed by atoms with E-state index >= 15 is 0 Å². The fourth-order valence-electron chi connectivity index (χ4n) is 0.337. The van der Waals surface area contributed by atoms with Crippen LogP contribution in [0.3, 0.4) is 0 Å². The average Bonchev–Trinajstić information content (AvgIpc) is 2.02. The molecule has 1 rings (SSSR count). The lowest BCUT2D eigenvalue weighted by Gasteiger charge is -1.90. The lowest BCUT2D eigenvalue weighted by molar-refractivity contribution is 0.897. The Morgan fingerprint density at radius 3 is 3.44 bits per heavy atom. The van der Waals surface area contributed by atoms with Crippen molar-refractivity contribution < 1.29 is 6.85 Å². The van der Waals surface area contributed by atoms with Crippen LogP contribution in [-0.4, -0.2) is 15.0 Å². The second-order valence-electron chi connectivity index (χ2n) is 1.20. The van der Waals surface area contributed by atoms with E-state index in [1.54, 1.807) is 0 Å². The molecule has 0 aliphatic heterocycles. The molecule has 9 heavy (non-hydrogen) atoms. The van der Waals surface area contributed by atoms with Crippen molar-refractivity contribution in [3.8, 4) is 0 Å². The second kappa shape index (κ2) is 2.73. The van der Waals surface area contributed by atoms with Crippen molar-refractivity contribution in [2.24, 2.45) is 0 Å². The predicted molar refractivity (Wildman–Crippen MR) is 34.2 cm³/mol. The Bertz CT molecular complexity index is 338. The summed E-state index contributed by atoms with van der Waals surface area (Å²) in [4.78, 5) is 10.3. The highest BCUT2D eigenvalue weighted by Crippen LogP contribution is 1.96. The maximum atomic E-state index is 7.31. The van der Waals surface area contributed by atoms with Crippen molar-refractivity contribution in [1.29, 1.82) is 0 Å². The minimum atomic E-state index is -2.84. The summed E-state index contributed by atoms with van der Waals surface area (Å²) in [5, 5.41) is -0.233. The number of hydrogen-bond acceptors (Lipinski definition) is 3. The van der Waals surface area contributed by atoms with Crippen molar-refractivity contribution in [2.75, 3.05) is 0 Å². The molecule has 0 bridgehead atoms. The molecular formula is C5H6ClN3. The quantitative estimate of drug-likeness (QED) is 0.599. The van der Waals surface area contributed by atoms with Crippen LogP contribution in [0.5, 0.6) is 0 Å². The van der Waals surface area contributed by atoms with Gasteiger partial charge in [0.1, 0.15) is 12.2 Å². The highest BCUT2D eigenvalue weighted by molar-refractivity contribution is 6.28. The molecule has 0 unspecified atom stereocenters. The SMILES string of the molecule is [2H]C([2H])([2H])C([2H])([2H])c1ncnc(Cl)n1. The van der Waals surface area contributed by atoms with Crippen molar-refractivity contribution >= 4 is 11.6 Å². The lowest BCUT2D eigenvalue weighted by Crippen LogP contribution is -1.93. The minimum Gasteiger partial charge on any atom is -0.221 e. The first-order chi connectivity index (χ1) is 6.25. The van der Waals surface area contributed by atoms with Crippen molar-refractivity contribution in [3.63, 3.8) is 0 Å². The van der Waals surface area contributed by atoms with Gasteiger partial charge in [-0.15, -0.1) is 0 Å². The van der Waals surface area contributed by atoms with Crippen LogP contribution in [-0.2, 0) is 6.37 Å². The summed E-state index contributed by atoms with van der Waals surface area (Å²) >= 11 is 5.39. The Morgan fingerprint density at radius 2 is 2.78 bits per heavy atom. The predicted octanol–water partition coefficient (Wildman–Crippen LogP) is 1.09. The van der Waals surface area contributed by atoms with E-state index in [1.165, 1.54) is 0 Å². The van der Waals surface area contributed by atoms with E-state index < -0.39 is 19.0 Å². The molecule has 0 N–H and O–H groups in total. The molecule has 0 aliphatic rings. The first kappa shape index (κ1) is 2.50. The molecule has 0 saturated heterocycles. The molecule has 3 nitrogen and oxygen atoms in total. The van der Waals surface area contributed by atoms with Crippen molar-refractivity contribution in [1.82, 2.24) is 15.0 Å². The van der Waals surface area contributed by atoms with E-state index in [9.17, 15) is 0 Å². The van der Waals surface area contributed by atoms with Gasteiger partial charge in [-0.3, -0.25) is 0 Å². The van der Waals surface area contributed by atoms with Crippen LogP contribution in [0.4, 0.5) is 0 Å². The van der Waals surface area contributed by atoms with E-state index in [0.717, 1.165) is 6.33 Å². The van der Waals surface area contributed by atoms with E-state index in [-0.39, 0.29) is 5.28 Å². The Labute approximate surface area is 65.1 Å². The fourth-order valence-corrected chi connectivity index (χ4v) is 0.460. The maximum Gasteiger partial charge on any atom is 0.225 e. The van der Waals surface area contributed by atoms with Crippen LogP contribution in [0.1, 0.15) is 19.5 Å². The first-order valence-electron chi connectivity index (χ1n) is 4.60. The van der Waals surface area contributed by atoms with Crippen LogP contribution < -0.4 is 0 Å². The Hall–Kier alpha value is -0.700. The highest BCUT2D eigenvalue weighted by Gasteiger charge is 1.92. The van der Waals surface area contributed by atoms with Gasteiger partial charge in [-0.1, -0.05) is 6.85 Å². The second-order valence-corrected chi connectivity index (χ2v) is 1.54. The van der Waals surface area contributed by atoms with Crippen LogP contribution in [0.25, 0.3) is 0 Å². The molecule has 0 amide bonds. The normalized spacial score (nSPS) is 20.8. The molecule has 0 radical (unpaired) electrons. The molecule has 0 spiro atoms. The third-order valence-corrected chi connectivity index (χ3v) is 0.836. The fraction of sp³-hybridized carbons (Fsp3) is 0.400. The van der Waals surface area contributed by atoms with Crippen molar-refractivity contribution in [3.05, 3.63) is 17.4 Å². The van der Waals surface area contributed by atoms with Crippen molar-refractivity contribution in [2.45, 2.75) is 13.2 Å². The molecular weight excluding hydrogens is 138 g/mol. The molecule has 0 aromatic carbocycles. The van der Waals surface area contributed by atoms with E-state index in [4.69, 9.17) is 18.5 Å². The summed E-state index contributed by atoms with van der Waals surface area (Å²) in [6.07, 6.45) is -1.66. The summed E-state index contributed by atoms with van der Waals surface area (Å²) in [6, 6.07) is 0. The van der Waals surface area contributed by atoms with Gasteiger partial charge in [0.2, 0.25) is 5.28 Å². The van der Waals surface area contributed by atoms with E-state index in [2.05, 4.69) is 15.0 Å². The summed E-state index contributed by atoms with van der Waals surface area (Å²) in [5.74, 6) is -0.488. The third kappa shape index (κ3) is 1.61. The largest absolute Gasteiger partial charge is 0.225 e. The summed E-state index contributed by atoms with van der Waals surface area (Å²) in [6.45, 7) is -2.84. The molecule has 4 heteroatoms. The zero-order chi connectivity index (χ0) is 11.0. The molecule has 0 atom stereocenters. The lowest BCUT2D eigenvalue weighted by atomic mass is 10.5. The van der Waals surface area contributed by atoms with Gasteiger partial charge in [0.15, 0.2) is 0 Å². The van der Waals surface area contributed by atoms with Gasteiger partial charge >= 0.3 is 0 Å². The number of nitrogens with zero attached hydrogens (tertiary/aromatic N) is 3. The molecule has 48 valence electrons. The van der Waals surface area contributed by atoms with Gasteiger partial charge in [0.25, 0.3) is 0 Å².